The fourth-order valence-corrected chi connectivity index (χ4v) is 2.41. The zero-order valence-corrected chi connectivity index (χ0v) is 11.7. The van der Waals surface area contributed by atoms with Gasteiger partial charge in [-0.05, 0) is 44.4 Å². The average molecular weight is 262 g/mol. The molecule has 0 aromatic heterocycles. The van der Waals surface area contributed by atoms with Crippen LogP contribution in [0.4, 0.5) is 0 Å². The van der Waals surface area contributed by atoms with E-state index in [1.807, 2.05) is 32.0 Å². The van der Waals surface area contributed by atoms with Gasteiger partial charge in [0.05, 0.1) is 0 Å². The topological polar surface area (TPSA) is 50.4 Å². The third-order valence-electron chi connectivity index (χ3n) is 3.42. The Morgan fingerprint density at radius 1 is 1.42 bits per heavy atom. The molecule has 2 N–H and O–H groups in total. The number of carbonyl (C=O) groups is 1. The highest BCUT2D eigenvalue weighted by Gasteiger charge is 2.15. The summed E-state index contributed by atoms with van der Waals surface area (Å²) in [6, 6.07) is 6.21. The summed E-state index contributed by atoms with van der Waals surface area (Å²) in [6.45, 7) is 5.97. The predicted octanol–water partition coefficient (Wildman–Crippen LogP) is 1.55. The van der Waals surface area contributed by atoms with Crippen LogP contribution in [0.15, 0.2) is 18.2 Å². The van der Waals surface area contributed by atoms with Crippen molar-refractivity contribution in [1.82, 2.24) is 10.6 Å². The first kappa shape index (κ1) is 13.9. The summed E-state index contributed by atoms with van der Waals surface area (Å²) >= 11 is 0. The van der Waals surface area contributed by atoms with E-state index in [1.165, 1.54) is 0 Å². The maximum atomic E-state index is 11.8. The van der Waals surface area contributed by atoms with Gasteiger partial charge < -0.3 is 15.4 Å². The highest BCUT2D eigenvalue weighted by molar-refractivity contribution is 5.78. The van der Waals surface area contributed by atoms with Gasteiger partial charge in [-0.3, -0.25) is 4.79 Å². The van der Waals surface area contributed by atoms with E-state index in [2.05, 4.69) is 10.6 Å². The molecule has 1 heterocycles. The van der Waals surface area contributed by atoms with Gasteiger partial charge in [-0.15, -0.1) is 0 Å². The zero-order chi connectivity index (χ0) is 13.7. The molecule has 4 nitrogen and oxygen atoms in total. The van der Waals surface area contributed by atoms with Crippen LogP contribution in [-0.2, 0) is 4.79 Å². The molecule has 0 bridgehead atoms. The lowest BCUT2D eigenvalue weighted by Crippen LogP contribution is -2.47. The van der Waals surface area contributed by atoms with Crippen LogP contribution in [0.5, 0.6) is 5.75 Å². The molecule has 2 rings (SSSR count). The van der Waals surface area contributed by atoms with Crippen molar-refractivity contribution >= 4 is 5.91 Å². The third kappa shape index (κ3) is 3.96. The molecule has 0 radical (unpaired) electrons. The Labute approximate surface area is 114 Å². The molecule has 1 atom stereocenters. The second-order valence-corrected chi connectivity index (χ2v) is 5.12. The van der Waals surface area contributed by atoms with Crippen molar-refractivity contribution in [2.45, 2.75) is 32.7 Å². The fraction of sp³-hybridized carbons (Fsp3) is 0.533. The summed E-state index contributed by atoms with van der Waals surface area (Å²) in [4.78, 5) is 11.8. The third-order valence-corrected chi connectivity index (χ3v) is 3.42. The molecule has 1 saturated heterocycles. The number of para-hydroxylation sites is 1. The molecule has 0 spiro atoms. The van der Waals surface area contributed by atoms with Crippen LogP contribution in [0.2, 0.25) is 0 Å². The predicted molar refractivity (Wildman–Crippen MR) is 75.4 cm³/mol. The highest BCUT2D eigenvalue weighted by Crippen LogP contribution is 2.22. The van der Waals surface area contributed by atoms with Crippen LogP contribution in [0, 0.1) is 13.8 Å². The molecule has 1 fully saturated rings. The van der Waals surface area contributed by atoms with Crippen LogP contribution in [0.1, 0.15) is 24.0 Å². The Morgan fingerprint density at radius 2 is 2.16 bits per heavy atom. The van der Waals surface area contributed by atoms with E-state index in [0.29, 0.717) is 0 Å². The van der Waals surface area contributed by atoms with Crippen molar-refractivity contribution in [1.29, 1.82) is 0 Å². The van der Waals surface area contributed by atoms with E-state index in [4.69, 9.17) is 4.74 Å². The molecule has 0 saturated carbocycles. The minimum absolute atomic E-state index is 0.0450. The lowest BCUT2D eigenvalue weighted by molar-refractivity contribution is -0.123. The summed E-state index contributed by atoms with van der Waals surface area (Å²) in [5, 5.41) is 6.28. The molecule has 104 valence electrons. The number of hydrogen-bond donors (Lipinski definition) is 2. The number of aryl methyl sites for hydroxylation is 2. The van der Waals surface area contributed by atoms with E-state index >= 15 is 0 Å². The number of amides is 1. The fourth-order valence-electron chi connectivity index (χ4n) is 2.41. The standard InChI is InChI=1S/C15H22N2O2/c1-11-5-3-6-12(2)15(11)19-10-14(18)17-13-7-4-8-16-9-13/h3,5-6,13,16H,4,7-10H2,1-2H3,(H,17,18). The summed E-state index contributed by atoms with van der Waals surface area (Å²) in [5.74, 6) is 0.774. The van der Waals surface area contributed by atoms with Crippen molar-refractivity contribution in [2.75, 3.05) is 19.7 Å². The summed E-state index contributed by atoms with van der Waals surface area (Å²) in [7, 11) is 0. The molecular formula is C15H22N2O2. The summed E-state index contributed by atoms with van der Waals surface area (Å²) in [5.41, 5.74) is 2.12. The molecule has 19 heavy (non-hydrogen) atoms. The lowest BCUT2D eigenvalue weighted by atomic mass is 10.1. The van der Waals surface area contributed by atoms with Gasteiger partial charge in [-0.2, -0.15) is 0 Å². The zero-order valence-electron chi connectivity index (χ0n) is 11.7. The lowest BCUT2D eigenvalue weighted by Gasteiger charge is -2.23. The van der Waals surface area contributed by atoms with Gasteiger partial charge in [0.15, 0.2) is 6.61 Å². The SMILES string of the molecule is Cc1cccc(C)c1OCC(=O)NC1CCCNC1. The van der Waals surface area contributed by atoms with Crippen LogP contribution >= 0.6 is 0 Å². The van der Waals surface area contributed by atoms with Crippen LogP contribution in [-0.4, -0.2) is 31.6 Å². The number of benzene rings is 1. The van der Waals surface area contributed by atoms with Gasteiger partial charge in [-0.1, -0.05) is 18.2 Å². The Kier molecular flexibility index (Phi) is 4.80. The molecule has 1 aliphatic heterocycles. The van der Waals surface area contributed by atoms with E-state index < -0.39 is 0 Å². The minimum Gasteiger partial charge on any atom is -0.483 e. The number of hydrogen-bond acceptors (Lipinski definition) is 3. The van der Waals surface area contributed by atoms with Gasteiger partial charge in [0.2, 0.25) is 0 Å². The first-order valence-corrected chi connectivity index (χ1v) is 6.86. The maximum Gasteiger partial charge on any atom is 0.258 e. The first-order chi connectivity index (χ1) is 9.16. The monoisotopic (exact) mass is 262 g/mol. The molecule has 1 unspecified atom stereocenters. The van der Waals surface area contributed by atoms with Crippen LogP contribution < -0.4 is 15.4 Å². The van der Waals surface area contributed by atoms with Crippen LogP contribution in [0.25, 0.3) is 0 Å². The first-order valence-electron chi connectivity index (χ1n) is 6.86. The number of carbonyl (C=O) groups excluding carboxylic acids is 1. The Hall–Kier alpha value is -1.55. The van der Waals surface area contributed by atoms with Crippen molar-refractivity contribution in [3.63, 3.8) is 0 Å². The number of nitrogens with one attached hydrogen (secondary N) is 2. The molecule has 1 aromatic carbocycles. The van der Waals surface area contributed by atoms with E-state index in [-0.39, 0.29) is 18.6 Å². The van der Waals surface area contributed by atoms with Gasteiger partial charge in [-0.25, -0.2) is 0 Å². The molecule has 1 amide bonds. The van der Waals surface area contributed by atoms with E-state index in [9.17, 15) is 4.79 Å². The quantitative estimate of drug-likeness (QED) is 0.865. The Balaban J connectivity index is 1.83. The number of rotatable bonds is 4. The second-order valence-electron chi connectivity index (χ2n) is 5.12. The summed E-state index contributed by atoms with van der Waals surface area (Å²) in [6.07, 6.45) is 2.16. The van der Waals surface area contributed by atoms with Crippen LogP contribution in [0.3, 0.4) is 0 Å². The largest absolute Gasteiger partial charge is 0.483 e. The summed E-state index contributed by atoms with van der Waals surface area (Å²) < 4.78 is 5.64. The average Bonchev–Trinajstić information content (AvgIpc) is 2.39. The molecule has 4 heteroatoms. The maximum absolute atomic E-state index is 11.8. The van der Waals surface area contributed by atoms with E-state index in [0.717, 1.165) is 42.8 Å². The smallest absolute Gasteiger partial charge is 0.258 e. The van der Waals surface area contributed by atoms with Crippen molar-refractivity contribution in [3.8, 4) is 5.75 Å². The Bertz CT molecular complexity index is 420. The van der Waals surface area contributed by atoms with Crippen molar-refractivity contribution in [3.05, 3.63) is 29.3 Å². The minimum atomic E-state index is -0.0450. The van der Waals surface area contributed by atoms with E-state index in [1.54, 1.807) is 0 Å². The normalized spacial score (nSPS) is 18.9. The van der Waals surface area contributed by atoms with Gasteiger partial charge in [0.1, 0.15) is 5.75 Å². The van der Waals surface area contributed by atoms with Gasteiger partial charge in [0.25, 0.3) is 5.91 Å². The van der Waals surface area contributed by atoms with Crippen molar-refractivity contribution < 1.29 is 9.53 Å². The second kappa shape index (κ2) is 6.57. The molecule has 0 aliphatic carbocycles. The number of ether oxygens (including phenoxy) is 1. The van der Waals surface area contributed by atoms with Crippen molar-refractivity contribution in [2.24, 2.45) is 0 Å². The number of piperidine rings is 1. The highest BCUT2D eigenvalue weighted by atomic mass is 16.5. The molecule has 1 aromatic rings. The Morgan fingerprint density at radius 3 is 2.79 bits per heavy atom. The molecule has 1 aliphatic rings. The molecular weight excluding hydrogens is 240 g/mol. The van der Waals surface area contributed by atoms with Gasteiger partial charge in [0, 0.05) is 12.6 Å². The van der Waals surface area contributed by atoms with Gasteiger partial charge >= 0.3 is 0 Å².